The van der Waals surface area contributed by atoms with Gasteiger partial charge in [-0.25, -0.2) is 4.79 Å². The van der Waals surface area contributed by atoms with E-state index in [2.05, 4.69) is 15.4 Å². The van der Waals surface area contributed by atoms with Gasteiger partial charge in [0, 0.05) is 12.7 Å². The molecule has 3 N–H and O–H groups in total. The third-order valence-corrected chi connectivity index (χ3v) is 2.26. The monoisotopic (exact) mass is 265 g/mol. The summed E-state index contributed by atoms with van der Waals surface area (Å²) in [6.07, 6.45) is 4.55. The molecule has 2 aromatic rings. The van der Waals surface area contributed by atoms with Gasteiger partial charge < -0.3 is 20.2 Å². The highest BCUT2D eigenvalue weighted by atomic mass is 16.5. The number of carbonyl (C=O) groups excluding carboxylic acids is 1. The van der Waals surface area contributed by atoms with Crippen LogP contribution in [0.15, 0.2) is 23.1 Å². The van der Waals surface area contributed by atoms with Crippen molar-refractivity contribution in [3.63, 3.8) is 0 Å². The molecule has 0 aliphatic heterocycles. The minimum atomic E-state index is -0.501. The van der Waals surface area contributed by atoms with E-state index < -0.39 is 5.97 Å². The highest BCUT2D eigenvalue weighted by Crippen LogP contribution is 2.08. The van der Waals surface area contributed by atoms with Crippen LogP contribution in [0.3, 0.4) is 0 Å². The Balaban J connectivity index is 1.81. The first-order valence-electron chi connectivity index (χ1n) is 5.83. The molecule has 0 saturated heterocycles. The summed E-state index contributed by atoms with van der Waals surface area (Å²) >= 11 is 0. The van der Waals surface area contributed by atoms with Crippen LogP contribution in [-0.2, 0) is 11.3 Å². The lowest BCUT2D eigenvalue weighted by Gasteiger charge is -2.01. The molecule has 2 aromatic heterocycles. The maximum absolute atomic E-state index is 11.4. The second kappa shape index (κ2) is 5.89. The molecule has 0 bridgehead atoms. The highest BCUT2D eigenvalue weighted by molar-refractivity contribution is 5.87. The van der Waals surface area contributed by atoms with Gasteiger partial charge >= 0.3 is 5.97 Å². The average molecular weight is 265 g/mol. The Labute approximate surface area is 109 Å². The zero-order chi connectivity index (χ0) is 13.7. The zero-order valence-electron chi connectivity index (χ0n) is 10.5. The summed E-state index contributed by atoms with van der Waals surface area (Å²) in [5.74, 6) is -0.501. The Morgan fingerprint density at radius 1 is 1.63 bits per heavy atom. The number of esters is 1. The summed E-state index contributed by atoms with van der Waals surface area (Å²) in [5, 5.41) is 6.96. The third-order valence-electron chi connectivity index (χ3n) is 2.26. The van der Waals surface area contributed by atoms with Gasteiger partial charge in [0.05, 0.1) is 25.0 Å². The van der Waals surface area contributed by atoms with Crippen LogP contribution in [-0.4, -0.2) is 33.9 Å². The normalized spacial score (nSPS) is 10.4. The van der Waals surface area contributed by atoms with E-state index in [9.17, 15) is 4.79 Å². The Hall–Kier alpha value is -2.51. The highest BCUT2D eigenvalue weighted by Gasteiger charge is 2.12. The molecular weight excluding hydrogens is 250 g/mol. The Kier molecular flexibility index (Phi) is 4.01. The van der Waals surface area contributed by atoms with E-state index in [0.717, 1.165) is 0 Å². The van der Waals surface area contributed by atoms with Crippen LogP contribution in [0.1, 0.15) is 17.4 Å². The van der Waals surface area contributed by atoms with Crippen LogP contribution in [0.4, 0.5) is 11.7 Å². The van der Waals surface area contributed by atoms with Gasteiger partial charge in [-0.1, -0.05) is 0 Å². The maximum atomic E-state index is 11.4. The van der Waals surface area contributed by atoms with Crippen LogP contribution in [0.25, 0.3) is 0 Å². The molecule has 2 rings (SSSR count). The van der Waals surface area contributed by atoms with Crippen LogP contribution < -0.4 is 11.1 Å². The van der Waals surface area contributed by atoms with Gasteiger partial charge in [0.25, 0.3) is 6.01 Å². The molecule has 0 amide bonds. The lowest BCUT2D eigenvalue weighted by molar-refractivity contribution is 0.0519. The first-order chi connectivity index (χ1) is 9.19. The van der Waals surface area contributed by atoms with Crippen molar-refractivity contribution in [3.05, 3.63) is 24.4 Å². The topological polar surface area (TPSA) is 108 Å². The number of aromatic nitrogens is 3. The minimum Gasteiger partial charge on any atom is -0.461 e. The first kappa shape index (κ1) is 12.9. The molecule has 0 atom stereocenters. The second-order valence-electron chi connectivity index (χ2n) is 3.72. The fourth-order valence-electron chi connectivity index (χ4n) is 1.43. The summed E-state index contributed by atoms with van der Waals surface area (Å²) in [4.78, 5) is 15.3. The van der Waals surface area contributed by atoms with Gasteiger partial charge in [-0.05, 0) is 6.92 Å². The predicted molar refractivity (Wildman–Crippen MR) is 67.6 cm³/mol. The van der Waals surface area contributed by atoms with Crippen molar-refractivity contribution in [2.45, 2.75) is 13.5 Å². The smallest absolute Gasteiger partial charge is 0.360 e. The van der Waals surface area contributed by atoms with Crippen molar-refractivity contribution < 1.29 is 13.9 Å². The fourth-order valence-corrected chi connectivity index (χ4v) is 1.43. The first-order valence-corrected chi connectivity index (χ1v) is 5.83. The van der Waals surface area contributed by atoms with Gasteiger partial charge in [-0.15, -0.1) is 0 Å². The average Bonchev–Trinajstić information content (AvgIpc) is 2.99. The molecule has 0 unspecified atom stereocenters. The molecule has 8 nitrogen and oxygen atoms in total. The van der Waals surface area contributed by atoms with Gasteiger partial charge in [0.15, 0.2) is 5.69 Å². The number of nitrogen functional groups attached to an aromatic ring is 1. The van der Waals surface area contributed by atoms with Gasteiger partial charge in [-0.2, -0.15) is 10.1 Å². The number of nitrogens with two attached hydrogens (primary N) is 1. The van der Waals surface area contributed by atoms with E-state index in [4.69, 9.17) is 14.9 Å². The molecule has 0 fully saturated rings. The van der Waals surface area contributed by atoms with E-state index in [1.165, 1.54) is 6.26 Å². The van der Waals surface area contributed by atoms with Crippen LogP contribution >= 0.6 is 0 Å². The Morgan fingerprint density at radius 3 is 3.16 bits per heavy atom. The van der Waals surface area contributed by atoms with Crippen molar-refractivity contribution in [1.29, 1.82) is 0 Å². The second-order valence-corrected chi connectivity index (χ2v) is 3.72. The van der Waals surface area contributed by atoms with Crippen molar-refractivity contribution in [2.75, 3.05) is 24.2 Å². The Bertz CT molecular complexity index is 548. The number of carbonyl (C=O) groups is 1. The number of rotatable bonds is 6. The minimum absolute atomic E-state index is 0.146. The SMILES string of the molecule is CCOC(=O)c1coc(NCCn2cc(N)cn2)n1. The summed E-state index contributed by atoms with van der Waals surface area (Å²) in [5.41, 5.74) is 6.30. The molecule has 0 aliphatic rings. The number of hydrogen-bond acceptors (Lipinski definition) is 7. The molecule has 0 radical (unpaired) electrons. The number of nitrogens with zero attached hydrogens (tertiary/aromatic N) is 3. The van der Waals surface area contributed by atoms with E-state index >= 15 is 0 Å². The molecule has 0 spiro atoms. The standard InChI is InChI=1S/C11H15N5O3/c1-2-18-10(17)9-7-19-11(15-9)13-3-4-16-6-8(12)5-14-16/h5-7H,2-4,12H2,1H3,(H,13,15). The van der Waals surface area contributed by atoms with E-state index in [0.29, 0.717) is 25.4 Å². The summed E-state index contributed by atoms with van der Waals surface area (Å²) in [6.45, 7) is 3.18. The van der Waals surface area contributed by atoms with E-state index in [1.54, 1.807) is 24.0 Å². The molecule has 0 saturated carbocycles. The van der Waals surface area contributed by atoms with Crippen LogP contribution in [0.5, 0.6) is 0 Å². The number of anilines is 2. The van der Waals surface area contributed by atoms with Crippen molar-refractivity contribution in [1.82, 2.24) is 14.8 Å². The molecule has 19 heavy (non-hydrogen) atoms. The Morgan fingerprint density at radius 2 is 2.47 bits per heavy atom. The summed E-state index contributed by atoms with van der Waals surface area (Å²) in [6, 6.07) is 0.267. The van der Waals surface area contributed by atoms with Crippen LogP contribution in [0, 0.1) is 0 Å². The van der Waals surface area contributed by atoms with Crippen molar-refractivity contribution in [3.8, 4) is 0 Å². The molecule has 0 aromatic carbocycles. The lowest BCUT2D eigenvalue weighted by atomic mass is 10.5. The largest absolute Gasteiger partial charge is 0.461 e. The zero-order valence-corrected chi connectivity index (χ0v) is 10.5. The summed E-state index contributed by atoms with van der Waals surface area (Å²) in [7, 11) is 0. The van der Waals surface area contributed by atoms with E-state index in [-0.39, 0.29) is 11.7 Å². The number of oxazole rings is 1. The maximum Gasteiger partial charge on any atom is 0.360 e. The number of nitrogens with one attached hydrogen (secondary N) is 1. The predicted octanol–water partition coefficient (Wildman–Crippen LogP) is 0.742. The van der Waals surface area contributed by atoms with Crippen molar-refractivity contribution >= 4 is 17.7 Å². The molecule has 0 aliphatic carbocycles. The number of ether oxygens (including phenoxy) is 1. The van der Waals surface area contributed by atoms with E-state index in [1.807, 2.05) is 0 Å². The molecule has 102 valence electrons. The quantitative estimate of drug-likeness (QED) is 0.741. The molecular formula is C11H15N5O3. The summed E-state index contributed by atoms with van der Waals surface area (Å²) < 4.78 is 11.6. The van der Waals surface area contributed by atoms with Gasteiger partial charge in [-0.3, -0.25) is 4.68 Å². The lowest BCUT2D eigenvalue weighted by Crippen LogP contribution is -2.11. The molecule has 2 heterocycles. The van der Waals surface area contributed by atoms with Crippen LogP contribution in [0.2, 0.25) is 0 Å². The van der Waals surface area contributed by atoms with Gasteiger partial charge in [0.1, 0.15) is 6.26 Å². The molecule has 8 heteroatoms. The number of hydrogen-bond donors (Lipinski definition) is 2. The van der Waals surface area contributed by atoms with Crippen molar-refractivity contribution in [2.24, 2.45) is 0 Å². The third kappa shape index (κ3) is 3.47. The van der Waals surface area contributed by atoms with Gasteiger partial charge in [0.2, 0.25) is 0 Å². The fraction of sp³-hybridized carbons (Fsp3) is 0.364.